The Kier molecular flexibility index (Phi) is 4.39. The summed E-state index contributed by atoms with van der Waals surface area (Å²) in [7, 11) is 0. The van der Waals surface area contributed by atoms with Crippen molar-refractivity contribution in [1.29, 1.82) is 0 Å². The standard InChI is InChI=1S/C17H21N3O2S/c1-10(11-5-3-2-4-6-11)20-9-14-13(7-12(20)8-18)15(17(21)22)16(19)23-14/h2-6,10,12H,7-9,18-19H2,1H3,(H,21,22). The smallest absolute Gasteiger partial charge is 0.338 e. The molecule has 0 saturated carbocycles. The van der Waals surface area contributed by atoms with Crippen LogP contribution >= 0.6 is 11.3 Å². The van der Waals surface area contributed by atoms with Crippen LogP contribution in [0.1, 0.15) is 39.3 Å². The van der Waals surface area contributed by atoms with Gasteiger partial charge < -0.3 is 16.6 Å². The minimum atomic E-state index is -0.944. The molecule has 0 saturated heterocycles. The zero-order chi connectivity index (χ0) is 16.6. The minimum Gasteiger partial charge on any atom is -0.478 e. The number of anilines is 1. The first-order valence-electron chi connectivity index (χ1n) is 7.67. The number of aromatic carboxylic acids is 1. The van der Waals surface area contributed by atoms with Gasteiger partial charge in [0.25, 0.3) is 0 Å². The van der Waals surface area contributed by atoms with Crippen LogP contribution in [0.4, 0.5) is 5.00 Å². The average molecular weight is 331 g/mol. The van der Waals surface area contributed by atoms with Crippen LogP contribution in [0.5, 0.6) is 0 Å². The lowest BCUT2D eigenvalue weighted by Gasteiger charge is -2.39. The van der Waals surface area contributed by atoms with Crippen molar-refractivity contribution in [2.75, 3.05) is 12.3 Å². The Bertz CT molecular complexity index is 714. The second-order valence-corrected chi connectivity index (χ2v) is 7.04. The van der Waals surface area contributed by atoms with Crippen molar-refractivity contribution in [1.82, 2.24) is 4.90 Å². The van der Waals surface area contributed by atoms with Crippen molar-refractivity contribution in [3.05, 3.63) is 51.9 Å². The summed E-state index contributed by atoms with van der Waals surface area (Å²) in [5, 5.41) is 9.80. The fourth-order valence-electron chi connectivity index (χ4n) is 3.35. The molecule has 0 bridgehead atoms. The lowest BCUT2D eigenvalue weighted by molar-refractivity contribution is 0.0694. The van der Waals surface area contributed by atoms with E-state index in [0.717, 1.165) is 10.4 Å². The SMILES string of the molecule is CC(c1ccccc1)N1Cc2sc(N)c(C(=O)O)c2CC1CN. The van der Waals surface area contributed by atoms with Gasteiger partial charge in [0.05, 0.1) is 5.56 Å². The lowest BCUT2D eigenvalue weighted by atomic mass is 9.93. The number of nitrogens with two attached hydrogens (primary N) is 2. The molecule has 5 nitrogen and oxygen atoms in total. The Morgan fingerprint density at radius 2 is 2.13 bits per heavy atom. The maximum Gasteiger partial charge on any atom is 0.338 e. The van der Waals surface area contributed by atoms with Gasteiger partial charge in [-0.3, -0.25) is 4.90 Å². The summed E-state index contributed by atoms with van der Waals surface area (Å²) in [6.45, 7) is 3.35. The molecule has 0 spiro atoms. The molecular weight excluding hydrogens is 310 g/mol. The van der Waals surface area contributed by atoms with Gasteiger partial charge in [-0.2, -0.15) is 0 Å². The van der Waals surface area contributed by atoms with E-state index in [4.69, 9.17) is 11.5 Å². The van der Waals surface area contributed by atoms with Crippen LogP contribution in [0.3, 0.4) is 0 Å². The van der Waals surface area contributed by atoms with Gasteiger partial charge >= 0.3 is 5.97 Å². The van der Waals surface area contributed by atoms with Crippen LogP contribution < -0.4 is 11.5 Å². The fraction of sp³-hybridized carbons (Fsp3) is 0.353. The molecule has 2 atom stereocenters. The summed E-state index contributed by atoms with van der Waals surface area (Å²) in [5.41, 5.74) is 14.3. The average Bonchev–Trinajstić information content (AvgIpc) is 2.88. The fourth-order valence-corrected chi connectivity index (χ4v) is 4.45. The van der Waals surface area contributed by atoms with Gasteiger partial charge in [-0.15, -0.1) is 11.3 Å². The molecule has 1 aromatic heterocycles. The number of nitrogens with zero attached hydrogens (tertiary/aromatic N) is 1. The summed E-state index contributed by atoms with van der Waals surface area (Å²) in [6, 6.07) is 10.6. The van der Waals surface area contributed by atoms with Crippen LogP contribution in [-0.2, 0) is 13.0 Å². The molecule has 1 aliphatic rings. The summed E-state index contributed by atoms with van der Waals surface area (Å²) in [5.74, 6) is -0.944. The number of benzene rings is 1. The van der Waals surface area contributed by atoms with Crippen LogP contribution in [0.15, 0.2) is 30.3 Å². The first-order chi connectivity index (χ1) is 11.0. The Labute approximate surface area is 139 Å². The highest BCUT2D eigenvalue weighted by Crippen LogP contribution is 2.39. The normalized spacial score (nSPS) is 19.3. The van der Waals surface area contributed by atoms with Crippen LogP contribution in [0, 0.1) is 0 Å². The number of rotatable bonds is 4. The number of hydrogen-bond donors (Lipinski definition) is 3. The molecule has 0 radical (unpaired) electrons. The molecule has 2 heterocycles. The van der Waals surface area contributed by atoms with E-state index < -0.39 is 5.97 Å². The monoisotopic (exact) mass is 331 g/mol. The highest BCUT2D eigenvalue weighted by molar-refractivity contribution is 7.16. The molecule has 2 unspecified atom stereocenters. The largest absolute Gasteiger partial charge is 0.478 e. The number of thiophene rings is 1. The van der Waals surface area contributed by atoms with E-state index in [9.17, 15) is 9.90 Å². The number of fused-ring (bicyclic) bond motifs is 1. The van der Waals surface area contributed by atoms with Crippen LogP contribution in [0.2, 0.25) is 0 Å². The Morgan fingerprint density at radius 3 is 2.74 bits per heavy atom. The lowest BCUT2D eigenvalue weighted by Crippen LogP contribution is -2.45. The van der Waals surface area contributed by atoms with E-state index in [1.807, 2.05) is 18.2 Å². The van der Waals surface area contributed by atoms with Crippen molar-refractivity contribution in [3.8, 4) is 0 Å². The molecule has 3 rings (SSSR count). The molecule has 122 valence electrons. The second-order valence-electron chi connectivity index (χ2n) is 5.90. The number of hydrogen-bond acceptors (Lipinski definition) is 5. The first kappa shape index (κ1) is 16.0. The van der Waals surface area contributed by atoms with Gasteiger partial charge in [0, 0.05) is 30.1 Å². The van der Waals surface area contributed by atoms with E-state index >= 15 is 0 Å². The third-order valence-corrected chi connectivity index (χ3v) is 5.66. The summed E-state index contributed by atoms with van der Waals surface area (Å²) in [4.78, 5) is 14.9. The molecule has 23 heavy (non-hydrogen) atoms. The van der Waals surface area contributed by atoms with Crippen molar-refractivity contribution in [3.63, 3.8) is 0 Å². The Hall–Kier alpha value is -1.89. The second kappa shape index (κ2) is 6.31. The van der Waals surface area contributed by atoms with Gasteiger partial charge in [-0.05, 0) is 24.5 Å². The Balaban J connectivity index is 1.95. The van der Waals surface area contributed by atoms with E-state index in [0.29, 0.717) is 24.5 Å². The first-order valence-corrected chi connectivity index (χ1v) is 8.48. The van der Waals surface area contributed by atoms with Gasteiger partial charge in [0.1, 0.15) is 5.00 Å². The molecule has 6 heteroatoms. The number of carboxylic acids is 1. The van der Waals surface area contributed by atoms with Crippen molar-refractivity contribution >= 4 is 22.3 Å². The third kappa shape index (κ3) is 2.85. The van der Waals surface area contributed by atoms with Crippen LogP contribution in [-0.4, -0.2) is 28.6 Å². The van der Waals surface area contributed by atoms with Crippen molar-refractivity contribution < 1.29 is 9.90 Å². The molecule has 5 N–H and O–H groups in total. The predicted octanol–water partition coefficient (Wildman–Crippen LogP) is 2.48. The Morgan fingerprint density at radius 1 is 1.43 bits per heavy atom. The molecule has 0 fully saturated rings. The molecule has 2 aromatic rings. The maximum atomic E-state index is 11.5. The summed E-state index contributed by atoms with van der Waals surface area (Å²) < 4.78 is 0. The quantitative estimate of drug-likeness (QED) is 0.800. The molecule has 1 aromatic carbocycles. The van der Waals surface area contributed by atoms with Crippen molar-refractivity contribution in [2.24, 2.45) is 5.73 Å². The van der Waals surface area contributed by atoms with Crippen molar-refractivity contribution in [2.45, 2.75) is 32.0 Å². The number of carbonyl (C=O) groups is 1. The molecular formula is C17H21N3O2S. The maximum absolute atomic E-state index is 11.5. The topological polar surface area (TPSA) is 92.6 Å². The highest BCUT2D eigenvalue weighted by Gasteiger charge is 2.34. The number of carboxylic acid groups (broad SMARTS) is 1. The third-order valence-electron chi connectivity index (χ3n) is 4.62. The van der Waals surface area contributed by atoms with Gasteiger partial charge in [0.15, 0.2) is 0 Å². The van der Waals surface area contributed by atoms with Gasteiger partial charge in [-0.25, -0.2) is 4.79 Å². The highest BCUT2D eigenvalue weighted by atomic mass is 32.1. The summed E-state index contributed by atoms with van der Waals surface area (Å²) in [6.07, 6.45) is 0.637. The van der Waals surface area contributed by atoms with E-state index in [2.05, 4.69) is 24.0 Å². The molecule has 1 aliphatic heterocycles. The number of nitrogen functional groups attached to an aromatic ring is 1. The van der Waals surface area contributed by atoms with Gasteiger partial charge in [-0.1, -0.05) is 30.3 Å². The molecule has 0 aliphatic carbocycles. The zero-order valence-corrected chi connectivity index (χ0v) is 13.8. The van der Waals surface area contributed by atoms with E-state index in [1.54, 1.807) is 0 Å². The van der Waals surface area contributed by atoms with E-state index in [1.165, 1.54) is 16.9 Å². The predicted molar refractivity (Wildman–Crippen MR) is 92.6 cm³/mol. The van der Waals surface area contributed by atoms with E-state index in [-0.39, 0.29) is 17.6 Å². The minimum absolute atomic E-state index is 0.116. The summed E-state index contributed by atoms with van der Waals surface area (Å²) >= 11 is 1.39. The zero-order valence-electron chi connectivity index (χ0n) is 13.0. The van der Waals surface area contributed by atoms with Gasteiger partial charge in [0.2, 0.25) is 0 Å². The molecule has 0 amide bonds. The van der Waals surface area contributed by atoms with Crippen LogP contribution in [0.25, 0.3) is 0 Å².